The van der Waals surface area contributed by atoms with Crippen molar-refractivity contribution in [3.63, 3.8) is 0 Å². The summed E-state index contributed by atoms with van der Waals surface area (Å²) in [6, 6.07) is 1.85. The predicted molar refractivity (Wildman–Crippen MR) is 52.2 cm³/mol. The maximum absolute atomic E-state index is 10.4. The predicted octanol–water partition coefficient (Wildman–Crippen LogP) is -0.168. The van der Waals surface area contributed by atoms with E-state index in [4.69, 9.17) is 5.73 Å². The van der Waals surface area contributed by atoms with Crippen LogP contribution >= 0.6 is 0 Å². The van der Waals surface area contributed by atoms with Gasteiger partial charge in [0.05, 0.1) is 5.69 Å². The Balaban J connectivity index is 2.08. The maximum Gasteiger partial charge on any atom is 0.217 e. The first-order valence-corrected chi connectivity index (χ1v) is 4.53. The minimum Gasteiger partial charge on any atom is -0.370 e. The van der Waals surface area contributed by atoms with Gasteiger partial charge in [0, 0.05) is 19.2 Å². The molecule has 0 atom stereocenters. The van der Waals surface area contributed by atoms with Gasteiger partial charge < -0.3 is 11.1 Å². The molecule has 14 heavy (non-hydrogen) atoms. The van der Waals surface area contributed by atoms with Crippen molar-refractivity contribution in [2.24, 2.45) is 5.73 Å². The molecule has 0 radical (unpaired) electrons. The maximum atomic E-state index is 10.4. The lowest BCUT2D eigenvalue weighted by Gasteiger charge is -2.02. The summed E-state index contributed by atoms with van der Waals surface area (Å²) in [5.41, 5.74) is 5.94. The van der Waals surface area contributed by atoms with E-state index < -0.39 is 0 Å². The van der Waals surface area contributed by atoms with Gasteiger partial charge in [-0.15, -0.1) is 0 Å². The highest BCUT2D eigenvalue weighted by Crippen LogP contribution is 1.90. The summed E-state index contributed by atoms with van der Waals surface area (Å²) in [6.07, 6.45) is 4.41. The van der Waals surface area contributed by atoms with E-state index in [9.17, 15) is 4.79 Å². The van der Waals surface area contributed by atoms with Crippen molar-refractivity contribution < 1.29 is 4.79 Å². The fourth-order valence-electron chi connectivity index (χ4n) is 1.03. The molecule has 5 heteroatoms. The van der Waals surface area contributed by atoms with E-state index in [2.05, 4.69) is 15.3 Å². The average Bonchev–Trinajstić information content (AvgIpc) is 2.18. The van der Waals surface area contributed by atoms with Crippen LogP contribution in [0.1, 0.15) is 18.5 Å². The van der Waals surface area contributed by atoms with E-state index in [1.807, 2.05) is 6.07 Å². The van der Waals surface area contributed by atoms with E-state index in [-0.39, 0.29) is 5.91 Å². The normalized spacial score (nSPS) is 10.0. The fraction of sp³-hybridized carbons (Fsp3) is 0.444. The first kappa shape index (κ1) is 10.6. The van der Waals surface area contributed by atoms with Crippen LogP contribution < -0.4 is 11.1 Å². The van der Waals surface area contributed by atoms with Gasteiger partial charge in [-0.1, -0.05) is 0 Å². The van der Waals surface area contributed by atoms with Crippen molar-refractivity contribution >= 4 is 5.91 Å². The SMILES string of the molecule is NC(=O)CCCNCc1ccncn1. The minimum atomic E-state index is -0.256. The summed E-state index contributed by atoms with van der Waals surface area (Å²) >= 11 is 0. The summed E-state index contributed by atoms with van der Waals surface area (Å²) in [5, 5.41) is 3.16. The molecule has 5 nitrogen and oxygen atoms in total. The number of carbonyl (C=O) groups is 1. The van der Waals surface area contributed by atoms with Crippen LogP contribution in [0.15, 0.2) is 18.6 Å². The van der Waals surface area contributed by atoms with Crippen LogP contribution in [-0.4, -0.2) is 22.4 Å². The molecule has 1 amide bonds. The molecule has 1 aromatic rings. The van der Waals surface area contributed by atoms with Gasteiger partial charge in [0.1, 0.15) is 6.33 Å². The topological polar surface area (TPSA) is 80.9 Å². The molecule has 0 fully saturated rings. The van der Waals surface area contributed by atoms with E-state index in [0.29, 0.717) is 13.0 Å². The number of hydrogen-bond acceptors (Lipinski definition) is 4. The molecule has 0 bridgehead atoms. The smallest absolute Gasteiger partial charge is 0.217 e. The van der Waals surface area contributed by atoms with E-state index in [1.54, 1.807) is 6.20 Å². The summed E-state index contributed by atoms with van der Waals surface area (Å²) in [4.78, 5) is 18.3. The largest absolute Gasteiger partial charge is 0.370 e. The van der Waals surface area contributed by atoms with Crippen molar-refractivity contribution in [1.82, 2.24) is 15.3 Å². The number of nitrogens with zero attached hydrogens (tertiary/aromatic N) is 2. The van der Waals surface area contributed by atoms with Crippen molar-refractivity contribution in [3.8, 4) is 0 Å². The zero-order chi connectivity index (χ0) is 10.2. The van der Waals surface area contributed by atoms with Crippen LogP contribution in [0.5, 0.6) is 0 Å². The second-order valence-electron chi connectivity index (χ2n) is 2.95. The molecule has 1 heterocycles. The van der Waals surface area contributed by atoms with Gasteiger partial charge in [-0.25, -0.2) is 9.97 Å². The van der Waals surface area contributed by atoms with E-state index in [1.165, 1.54) is 6.33 Å². The summed E-state index contributed by atoms with van der Waals surface area (Å²) in [5.74, 6) is -0.256. The van der Waals surface area contributed by atoms with Crippen LogP contribution in [0.25, 0.3) is 0 Å². The molecule has 0 unspecified atom stereocenters. The molecular formula is C9H14N4O. The molecule has 1 rings (SSSR count). The third-order valence-corrected chi connectivity index (χ3v) is 1.73. The van der Waals surface area contributed by atoms with Gasteiger partial charge in [0.25, 0.3) is 0 Å². The molecule has 3 N–H and O–H groups in total. The number of amides is 1. The number of hydrogen-bond donors (Lipinski definition) is 2. The van der Waals surface area contributed by atoms with Gasteiger partial charge in [-0.3, -0.25) is 4.79 Å². The van der Waals surface area contributed by atoms with Gasteiger partial charge in [-0.2, -0.15) is 0 Å². The average molecular weight is 194 g/mol. The summed E-state index contributed by atoms with van der Waals surface area (Å²) in [7, 11) is 0. The van der Waals surface area contributed by atoms with Gasteiger partial charge in [-0.05, 0) is 19.0 Å². The number of nitrogens with one attached hydrogen (secondary N) is 1. The highest BCUT2D eigenvalue weighted by molar-refractivity contribution is 5.73. The molecule has 0 saturated carbocycles. The third-order valence-electron chi connectivity index (χ3n) is 1.73. The molecule has 0 spiro atoms. The van der Waals surface area contributed by atoms with Crippen molar-refractivity contribution in [1.29, 1.82) is 0 Å². The number of primary amides is 1. The van der Waals surface area contributed by atoms with Crippen LogP contribution in [0, 0.1) is 0 Å². The molecular weight excluding hydrogens is 180 g/mol. The first-order chi connectivity index (χ1) is 6.79. The lowest BCUT2D eigenvalue weighted by Crippen LogP contribution is -2.18. The zero-order valence-electron chi connectivity index (χ0n) is 7.94. The molecule has 0 aromatic carbocycles. The Labute approximate surface area is 82.7 Å². The monoisotopic (exact) mass is 194 g/mol. The lowest BCUT2D eigenvalue weighted by atomic mass is 10.3. The molecule has 0 aliphatic heterocycles. The molecule has 0 aliphatic carbocycles. The molecule has 76 valence electrons. The Morgan fingerprint density at radius 3 is 3.07 bits per heavy atom. The summed E-state index contributed by atoms with van der Waals surface area (Å²) < 4.78 is 0. The Hall–Kier alpha value is -1.49. The Morgan fingerprint density at radius 2 is 2.43 bits per heavy atom. The van der Waals surface area contributed by atoms with Crippen LogP contribution in [0.3, 0.4) is 0 Å². The molecule has 1 aromatic heterocycles. The molecule has 0 saturated heterocycles. The van der Waals surface area contributed by atoms with Gasteiger partial charge in [0.15, 0.2) is 0 Å². The highest BCUT2D eigenvalue weighted by atomic mass is 16.1. The zero-order valence-corrected chi connectivity index (χ0v) is 7.94. The first-order valence-electron chi connectivity index (χ1n) is 4.53. The van der Waals surface area contributed by atoms with Crippen LogP contribution in [0.2, 0.25) is 0 Å². The van der Waals surface area contributed by atoms with Gasteiger partial charge >= 0.3 is 0 Å². The Bertz CT molecular complexity index is 275. The number of nitrogens with two attached hydrogens (primary N) is 1. The second-order valence-corrected chi connectivity index (χ2v) is 2.95. The lowest BCUT2D eigenvalue weighted by molar-refractivity contribution is -0.118. The van der Waals surface area contributed by atoms with Crippen molar-refractivity contribution in [2.75, 3.05) is 6.54 Å². The standard InChI is InChI=1S/C9H14N4O/c10-9(14)2-1-4-11-6-8-3-5-12-7-13-8/h3,5,7,11H,1-2,4,6H2,(H2,10,14). The van der Waals surface area contributed by atoms with Crippen molar-refractivity contribution in [2.45, 2.75) is 19.4 Å². The van der Waals surface area contributed by atoms with E-state index in [0.717, 1.165) is 18.7 Å². The minimum absolute atomic E-state index is 0.256. The third kappa shape index (κ3) is 4.51. The Morgan fingerprint density at radius 1 is 1.57 bits per heavy atom. The van der Waals surface area contributed by atoms with E-state index >= 15 is 0 Å². The summed E-state index contributed by atoms with van der Waals surface area (Å²) in [6.45, 7) is 1.47. The number of carbonyl (C=O) groups excluding carboxylic acids is 1. The van der Waals surface area contributed by atoms with Crippen LogP contribution in [-0.2, 0) is 11.3 Å². The highest BCUT2D eigenvalue weighted by Gasteiger charge is 1.95. The number of aromatic nitrogens is 2. The quantitative estimate of drug-likeness (QED) is 0.616. The van der Waals surface area contributed by atoms with Gasteiger partial charge in [0.2, 0.25) is 5.91 Å². The number of rotatable bonds is 6. The second kappa shape index (κ2) is 6.04. The van der Waals surface area contributed by atoms with Crippen molar-refractivity contribution in [3.05, 3.63) is 24.3 Å². The Kier molecular flexibility index (Phi) is 4.57. The van der Waals surface area contributed by atoms with Crippen LogP contribution in [0.4, 0.5) is 0 Å². The fourth-order valence-corrected chi connectivity index (χ4v) is 1.03. The molecule has 0 aliphatic rings.